The van der Waals surface area contributed by atoms with Gasteiger partial charge in [-0.25, -0.2) is 18.2 Å². The zero-order valence-electron chi connectivity index (χ0n) is 21.6. The lowest BCUT2D eigenvalue weighted by atomic mass is 10.1. The van der Waals surface area contributed by atoms with Crippen LogP contribution in [0.25, 0.3) is 5.69 Å². The molecule has 0 radical (unpaired) electrons. The van der Waals surface area contributed by atoms with Gasteiger partial charge in [-0.3, -0.25) is 9.10 Å². The van der Waals surface area contributed by atoms with Crippen molar-refractivity contribution in [1.29, 1.82) is 0 Å². The van der Waals surface area contributed by atoms with Crippen molar-refractivity contribution >= 4 is 27.8 Å². The Kier molecular flexibility index (Phi) is 7.78. The summed E-state index contributed by atoms with van der Waals surface area (Å²) >= 11 is 0. The number of hydrogen-bond donors (Lipinski definition) is 1. The molecule has 0 bridgehead atoms. The van der Waals surface area contributed by atoms with Gasteiger partial charge in [-0.2, -0.15) is 5.10 Å². The average molecular weight is 533 g/mol. The fourth-order valence-corrected chi connectivity index (χ4v) is 5.06. The van der Waals surface area contributed by atoms with E-state index in [1.807, 2.05) is 55.7 Å². The van der Waals surface area contributed by atoms with Gasteiger partial charge in [-0.05, 0) is 80.9 Å². The number of nitrogens with zero attached hydrogens (tertiary/aromatic N) is 3. The smallest absolute Gasteiger partial charge is 0.271 e. The predicted octanol–water partition coefficient (Wildman–Crippen LogP) is 5.27. The summed E-state index contributed by atoms with van der Waals surface area (Å²) in [4.78, 5) is 12.6. The molecule has 38 heavy (non-hydrogen) atoms. The molecule has 0 fully saturated rings. The van der Waals surface area contributed by atoms with Crippen LogP contribution in [-0.4, -0.2) is 31.4 Å². The number of rotatable bonds is 8. The maximum Gasteiger partial charge on any atom is 0.271 e. The number of nitrogens with one attached hydrogen (secondary N) is 1. The summed E-state index contributed by atoms with van der Waals surface area (Å²) in [7, 11) is -3.54. The standard InChI is InChI=1S/C29H29FN4O3S/c1-20-5-7-23(8-6-20)19-33(38(4,36)37)27-13-9-24(10-14-27)29(35)32-31-18-25-17-21(2)34(22(25)3)28-15-11-26(30)12-16-28/h5-18H,19H2,1-4H3,(H,32,35)/b31-18-. The number of amides is 1. The van der Waals surface area contributed by atoms with E-state index in [9.17, 15) is 17.6 Å². The third kappa shape index (κ3) is 6.18. The molecule has 7 nitrogen and oxygen atoms in total. The summed E-state index contributed by atoms with van der Waals surface area (Å²) < 4.78 is 41.5. The van der Waals surface area contributed by atoms with E-state index in [0.717, 1.165) is 40.0 Å². The van der Waals surface area contributed by atoms with Crippen LogP contribution in [0.2, 0.25) is 0 Å². The van der Waals surface area contributed by atoms with E-state index in [0.29, 0.717) is 11.3 Å². The molecule has 4 aromatic rings. The Bertz CT molecular complexity index is 1570. The van der Waals surface area contributed by atoms with Gasteiger partial charge in [0.05, 0.1) is 24.7 Å². The Hall–Kier alpha value is -4.24. The van der Waals surface area contributed by atoms with Crippen LogP contribution in [0.5, 0.6) is 0 Å². The van der Waals surface area contributed by atoms with Gasteiger partial charge in [-0.15, -0.1) is 0 Å². The number of benzene rings is 3. The van der Waals surface area contributed by atoms with Gasteiger partial charge in [0, 0.05) is 28.2 Å². The number of aryl methyl sites for hydroxylation is 2. The predicted molar refractivity (Wildman–Crippen MR) is 149 cm³/mol. The normalized spacial score (nSPS) is 11.6. The number of carbonyl (C=O) groups is 1. The molecule has 0 aliphatic heterocycles. The van der Waals surface area contributed by atoms with Crippen molar-refractivity contribution in [3.8, 4) is 5.69 Å². The summed E-state index contributed by atoms with van der Waals surface area (Å²) in [6.45, 7) is 6.01. The monoisotopic (exact) mass is 532 g/mol. The second-order valence-corrected chi connectivity index (χ2v) is 11.0. The molecular formula is C29H29FN4O3S. The van der Waals surface area contributed by atoms with Gasteiger partial charge in [0.2, 0.25) is 10.0 Å². The second kappa shape index (κ2) is 11.0. The summed E-state index contributed by atoms with van der Waals surface area (Å²) in [6, 6.07) is 22.1. The van der Waals surface area contributed by atoms with Crippen molar-refractivity contribution in [1.82, 2.24) is 9.99 Å². The van der Waals surface area contributed by atoms with Gasteiger partial charge in [0.15, 0.2) is 0 Å². The number of hydrogen-bond acceptors (Lipinski definition) is 4. The lowest BCUT2D eigenvalue weighted by Crippen LogP contribution is -2.29. The maximum absolute atomic E-state index is 13.3. The fourth-order valence-electron chi connectivity index (χ4n) is 4.17. The van der Waals surface area contributed by atoms with E-state index in [1.165, 1.54) is 16.4 Å². The molecule has 0 atom stereocenters. The molecule has 196 valence electrons. The van der Waals surface area contributed by atoms with Crippen molar-refractivity contribution < 1.29 is 17.6 Å². The third-order valence-electron chi connectivity index (χ3n) is 6.19. The zero-order chi connectivity index (χ0) is 27.4. The van der Waals surface area contributed by atoms with Gasteiger partial charge in [0.25, 0.3) is 5.91 Å². The Morgan fingerprint density at radius 3 is 2.21 bits per heavy atom. The first-order valence-electron chi connectivity index (χ1n) is 11.9. The minimum Gasteiger partial charge on any atom is -0.318 e. The first-order chi connectivity index (χ1) is 18.0. The number of halogens is 1. The Balaban J connectivity index is 1.46. The van der Waals surface area contributed by atoms with Crippen LogP contribution in [0.15, 0.2) is 84.0 Å². The number of carbonyl (C=O) groups excluding carboxylic acids is 1. The summed E-state index contributed by atoms with van der Waals surface area (Å²) in [5, 5.41) is 4.10. The van der Waals surface area contributed by atoms with Gasteiger partial charge >= 0.3 is 0 Å². The number of hydrazone groups is 1. The number of aromatic nitrogens is 1. The van der Waals surface area contributed by atoms with Gasteiger partial charge in [0.1, 0.15) is 5.82 Å². The van der Waals surface area contributed by atoms with Crippen molar-refractivity contribution in [3.05, 3.63) is 118 Å². The quantitative estimate of drug-likeness (QED) is 0.248. The highest BCUT2D eigenvalue weighted by molar-refractivity contribution is 7.92. The Morgan fingerprint density at radius 2 is 1.61 bits per heavy atom. The molecule has 0 saturated heterocycles. The Morgan fingerprint density at radius 1 is 0.974 bits per heavy atom. The summed E-state index contributed by atoms with van der Waals surface area (Å²) in [6.07, 6.45) is 2.71. The zero-order valence-corrected chi connectivity index (χ0v) is 22.5. The molecule has 0 spiro atoms. The van der Waals surface area contributed by atoms with Crippen molar-refractivity contribution in [2.24, 2.45) is 5.10 Å². The van der Waals surface area contributed by atoms with E-state index < -0.39 is 15.9 Å². The SMILES string of the molecule is Cc1ccc(CN(c2ccc(C(=O)N/N=C\c3cc(C)n(-c4ccc(F)cc4)c3C)cc2)S(C)(=O)=O)cc1. The minimum atomic E-state index is -3.54. The third-order valence-corrected chi connectivity index (χ3v) is 7.33. The molecule has 0 saturated carbocycles. The first-order valence-corrected chi connectivity index (χ1v) is 13.8. The summed E-state index contributed by atoms with van der Waals surface area (Å²) in [5.74, 6) is -0.728. The van der Waals surface area contributed by atoms with Crippen molar-refractivity contribution in [2.75, 3.05) is 10.6 Å². The molecule has 4 rings (SSSR count). The van der Waals surface area contributed by atoms with Crippen LogP contribution in [0.1, 0.15) is 38.4 Å². The highest BCUT2D eigenvalue weighted by Gasteiger charge is 2.18. The topological polar surface area (TPSA) is 83.8 Å². The van der Waals surface area contributed by atoms with Crippen LogP contribution in [0, 0.1) is 26.6 Å². The molecule has 1 amide bonds. The summed E-state index contributed by atoms with van der Waals surface area (Å²) in [5.41, 5.74) is 8.74. The molecule has 0 aliphatic carbocycles. The van der Waals surface area contributed by atoms with Crippen LogP contribution >= 0.6 is 0 Å². The van der Waals surface area contributed by atoms with Gasteiger partial charge < -0.3 is 4.57 Å². The number of anilines is 1. The van der Waals surface area contributed by atoms with E-state index in [1.54, 1.807) is 42.6 Å². The maximum atomic E-state index is 13.3. The van der Waals surface area contributed by atoms with Crippen molar-refractivity contribution in [2.45, 2.75) is 27.3 Å². The lowest BCUT2D eigenvalue weighted by Gasteiger charge is -2.22. The van der Waals surface area contributed by atoms with Crippen LogP contribution < -0.4 is 9.73 Å². The molecule has 1 aromatic heterocycles. The largest absolute Gasteiger partial charge is 0.318 e. The molecular weight excluding hydrogens is 503 g/mol. The average Bonchev–Trinajstić information content (AvgIpc) is 3.16. The van der Waals surface area contributed by atoms with Gasteiger partial charge in [-0.1, -0.05) is 29.8 Å². The molecule has 3 aromatic carbocycles. The van der Waals surface area contributed by atoms with Crippen LogP contribution in [0.4, 0.5) is 10.1 Å². The van der Waals surface area contributed by atoms with E-state index in [4.69, 9.17) is 0 Å². The molecule has 0 aliphatic rings. The van der Waals surface area contributed by atoms with Crippen molar-refractivity contribution in [3.63, 3.8) is 0 Å². The van der Waals surface area contributed by atoms with E-state index in [-0.39, 0.29) is 12.4 Å². The lowest BCUT2D eigenvalue weighted by molar-refractivity contribution is 0.0955. The number of sulfonamides is 1. The molecule has 1 heterocycles. The minimum absolute atomic E-state index is 0.186. The van der Waals surface area contributed by atoms with Crippen LogP contribution in [0.3, 0.4) is 0 Å². The fraction of sp³-hybridized carbons (Fsp3) is 0.172. The Labute approximate surface area is 222 Å². The van der Waals surface area contributed by atoms with E-state index >= 15 is 0 Å². The molecule has 9 heteroatoms. The van der Waals surface area contributed by atoms with E-state index in [2.05, 4.69) is 10.5 Å². The highest BCUT2D eigenvalue weighted by atomic mass is 32.2. The van der Waals surface area contributed by atoms with Crippen LogP contribution in [-0.2, 0) is 16.6 Å². The molecule has 0 unspecified atom stereocenters. The molecule has 1 N–H and O–H groups in total. The second-order valence-electron chi connectivity index (χ2n) is 9.14. The highest BCUT2D eigenvalue weighted by Crippen LogP contribution is 2.22. The first kappa shape index (κ1) is 26.8.